The SMILES string of the molecule is COc1cc2c(cc1OCC1(C)COC1)CCN1CC(OC(C)(C)C)C(O)CC21. The van der Waals surface area contributed by atoms with Gasteiger partial charge in [0.2, 0.25) is 0 Å². The highest BCUT2D eigenvalue weighted by Crippen LogP contribution is 2.43. The number of benzene rings is 1. The van der Waals surface area contributed by atoms with Crippen molar-refractivity contribution in [2.75, 3.05) is 40.0 Å². The van der Waals surface area contributed by atoms with Crippen molar-refractivity contribution in [1.82, 2.24) is 4.90 Å². The minimum atomic E-state index is -0.470. The maximum absolute atomic E-state index is 10.8. The van der Waals surface area contributed by atoms with Crippen LogP contribution in [0.5, 0.6) is 11.5 Å². The number of hydrogen-bond donors (Lipinski definition) is 1. The third-order valence-electron chi connectivity index (χ3n) is 6.18. The Morgan fingerprint density at radius 1 is 1.24 bits per heavy atom. The van der Waals surface area contributed by atoms with Gasteiger partial charge in [0.05, 0.1) is 44.7 Å². The fourth-order valence-electron chi connectivity index (χ4n) is 4.62. The van der Waals surface area contributed by atoms with Crippen LogP contribution in [0.1, 0.15) is 51.3 Å². The van der Waals surface area contributed by atoms with Crippen LogP contribution in [0.3, 0.4) is 0 Å². The van der Waals surface area contributed by atoms with E-state index in [1.54, 1.807) is 7.11 Å². The topological polar surface area (TPSA) is 60.4 Å². The van der Waals surface area contributed by atoms with Crippen LogP contribution in [0.15, 0.2) is 12.1 Å². The summed E-state index contributed by atoms with van der Waals surface area (Å²) in [4.78, 5) is 2.44. The van der Waals surface area contributed by atoms with Crippen LogP contribution in [0.25, 0.3) is 0 Å². The Labute approximate surface area is 174 Å². The Kier molecular flexibility index (Phi) is 5.57. The van der Waals surface area contributed by atoms with Gasteiger partial charge in [-0.25, -0.2) is 0 Å². The zero-order valence-corrected chi connectivity index (χ0v) is 18.4. The van der Waals surface area contributed by atoms with Gasteiger partial charge in [-0.05, 0) is 56.9 Å². The van der Waals surface area contributed by atoms with Crippen LogP contribution in [-0.4, -0.2) is 67.8 Å². The minimum Gasteiger partial charge on any atom is -0.493 e. The summed E-state index contributed by atoms with van der Waals surface area (Å²) in [5.41, 5.74) is 2.36. The third kappa shape index (κ3) is 4.41. The van der Waals surface area contributed by atoms with E-state index in [4.69, 9.17) is 18.9 Å². The molecule has 162 valence electrons. The molecule has 2 fully saturated rings. The summed E-state index contributed by atoms with van der Waals surface area (Å²) in [6, 6.07) is 4.44. The number of aliphatic hydroxyl groups is 1. The molecule has 0 aliphatic carbocycles. The van der Waals surface area contributed by atoms with E-state index in [1.165, 1.54) is 11.1 Å². The quantitative estimate of drug-likeness (QED) is 0.813. The molecule has 3 heterocycles. The van der Waals surface area contributed by atoms with E-state index in [-0.39, 0.29) is 23.2 Å². The zero-order valence-electron chi connectivity index (χ0n) is 18.4. The predicted molar refractivity (Wildman–Crippen MR) is 111 cm³/mol. The average Bonchev–Trinajstić information content (AvgIpc) is 2.63. The van der Waals surface area contributed by atoms with Gasteiger partial charge in [-0.2, -0.15) is 0 Å². The van der Waals surface area contributed by atoms with Gasteiger partial charge in [-0.1, -0.05) is 6.92 Å². The second kappa shape index (κ2) is 7.73. The highest BCUT2D eigenvalue weighted by molar-refractivity contribution is 5.49. The lowest BCUT2D eigenvalue weighted by Crippen LogP contribution is -2.53. The van der Waals surface area contributed by atoms with Crippen LogP contribution < -0.4 is 9.47 Å². The van der Waals surface area contributed by atoms with Crippen LogP contribution in [0.2, 0.25) is 0 Å². The number of hydrogen-bond acceptors (Lipinski definition) is 6. The van der Waals surface area contributed by atoms with Crippen molar-refractivity contribution in [2.45, 2.75) is 64.4 Å². The van der Waals surface area contributed by atoms with Crippen LogP contribution in [-0.2, 0) is 15.9 Å². The third-order valence-corrected chi connectivity index (χ3v) is 6.18. The zero-order chi connectivity index (χ0) is 20.8. The Morgan fingerprint density at radius 2 is 2.00 bits per heavy atom. The largest absolute Gasteiger partial charge is 0.493 e. The first-order chi connectivity index (χ1) is 13.7. The fourth-order valence-corrected chi connectivity index (χ4v) is 4.62. The molecule has 1 aromatic rings. The van der Waals surface area contributed by atoms with Crippen molar-refractivity contribution in [3.8, 4) is 11.5 Å². The molecule has 1 aromatic carbocycles. The molecule has 0 aromatic heterocycles. The molecule has 0 radical (unpaired) electrons. The number of nitrogens with zero attached hydrogens (tertiary/aromatic N) is 1. The molecule has 0 amide bonds. The summed E-state index contributed by atoms with van der Waals surface area (Å²) in [6.45, 7) is 12.1. The van der Waals surface area contributed by atoms with Crippen LogP contribution in [0.4, 0.5) is 0 Å². The summed E-state index contributed by atoms with van der Waals surface area (Å²) in [5.74, 6) is 1.56. The molecule has 3 unspecified atom stereocenters. The van der Waals surface area contributed by atoms with E-state index in [1.807, 2.05) is 20.8 Å². The molecule has 29 heavy (non-hydrogen) atoms. The van der Waals surface area contributed by atoms with Crippen molar-refractivity contribution in [2.24, 2.45) is 5.41 Å². The normalized spacial score (nSPS) is 28.8. The highest BCUT2D eigenvalue weighted by atomic mass is 16.5. The predicted octanol–water partition coefficient (Wildman–Crippen LogP) is 2.96. The summed E-state index contributed by atoms with van der Waals surface area (Å²) in [7, 11) is 1.69. The first kappa shape index (κ1) is 20.9. The van der Waals surface area contributed by atoms with Gasteiger partial charge in [0.1, 0.15) is 0 Å². The molecule has 0 bridgehead atoms. The number of aliphatic hydroxyl groups excluding tert-OH is 1. The lowest BCUT2D eigenvalue weighted by Gasteiger charge is -2.47. The highest BCUT2D eigenvalue weighted by Gasteiger charge is 2.41. The van der Waals surface area contributed by atoms with E-state index in [0.29, 0.717) is 13.0 Å². The molecule has 2 saturated heterocycles. The summed E-state index contributed by atoms with van der Waals surface area (Å²) in [5, 5.41) is 10.8. The first-order valence-electron chi connectivity index (χ1n) is 10.7. The molecule has 3 aliphatic heterocycles. The standard InChI is InChI=1S/C23H35NO5/c1-22(2,3)29-21-11-24-7-6-15-8-20(28-14-23(4)12-27-13-23)19(26-5)9-16(15)17(24)10-18(21)25/h8-9,17-18,21,25H,6-7,10-14H2,1-5H3. The monoisotopic (exact) mass is 405 g/mol. The lowest BCUT2D eigenvalue weighted by molar-refractivity contribution is -0.149. The average molecular weight is 406 g/mol. The number of piperidine rings is 1. The van der Waals surface area contributed by atoms with E-state index >= 15 is 0 Å². The van der Waals surface area contributed by atoms with Gasteiger partial charge in [0.15, 0.2) is 11.5 Å². The summed E-state index contributed by atoms with van der Waals surface area (Å²) in [6.07, 6.45) is 1.02. The van der Waals surface area contributed by atoms with Crippen molar-refractivity contribution in [1.29, 1.82) is 0 Å². The molecule has 1 N–H and O–H groups in total. The van der Waals surface area contributed by atoms with Crippen LogP contribution in [0, 0.1) is 5.41 Å². The maximum atomic E-state index is 10.8. The second-order valence-electron chi connectivity index (χ2n) is 10.1. The first-order valence-corrected chi connectivity index (χ1v) is 10.7. The van der Waals surface area contributed by atoms with E-state index < -0.39 is 6.10 Å². The van der Waals surface area contributed by atoms with E-state index in [9.17, 15) is 5.11 Å². The second-order valence-corrected chi connectivity index (χ2v) is 10.1. The molecule has 0 saturated carbocycles. The van der Waals surface area contributed by atoms with Gasteiger partial charge in [0, 0.05) is 24.5 Å². The van der Waals surface area contributed by atoms with E-state index in [0.717, 1.165) is 44.2 Å². The van der Waals surface area contributed by atoms with E-state index in [2.05, 4.69) is 24.0 Å². The Balaban J connectivity index is 1.52. The van der Waals surface area contributed by atoms with Gasteiger partial charge in [0.25, 0.3) is 0 Å². The molecule has 6 heteroatoms. The Morgan fingerprint density at radius 3 is 2.62 bits per heavy atom. The number of ether oxygens (including phenoxy) is 4. The smallest absolute Gasteiger partial charge is 0.161 e. The fraction of sp³-hybridized carbons (Fsp3) is 0.739. The number of fused-ring (bicyclic) bond motifs is 3. The number of methoxy groups -OCH3 is 1. The van der Waals surface area contributed by atoms with Crippen molar-refractivity contribution < 1.29 is 24.1 Å². The Bertz CT molecular complexity index is 740. The van der Waals surface area contributed by atoms with Gasteiger partial charge in [-0.15, -0.1) is 0 Å². The Hall–Kier alpha value is -1.34. The van der Waals surface area contributed by atoms with Crippen molar-refractivity contribution >= 4 is 0 Å². The molecular formula is C23H35NO5. The molecule has 3 aliphatic rings. The molecule has 0 spiro atoms. The summed E-state index contributed by atoms with van der Waals surface area (Å²) < 4.78 is 23.3. The number of rotatable bonds is 5. The molecule has 4 rings (SSSR count). The van der Waals surface area contributed by atoms with Crippen molar-refractivity contribution in [3.63, 3.8) is 0 Å². The van der Waals surface area contributed by atoms with Crippen LogP contribution >= 0.6 is 0 Å². The van der Waals surface area contributed by atoms with Gasteiger partial charge in [-0.3, -0.25) is 4.90 Å². The lowest BCUT2D eigenvalue weighted by atomic mass is 9.84. The van der Waals surface area contributed by atoms with Gasteiger partial charge >= 0.3 is 0 Å². The summed E-state index contributed by atoms with van der Waals surface area (Å²) >= 11 is 0. The van der Waals surface area contributed by atoms with Gasteiger partial charge < -0.3 is 24.1 Å². The minimum absolute atomic E-state index is 0.0905. The molecular weight excluding hydrogens is 370 g/mol. The maximum Gasteiger partial charge on any atom is 0.161 e. The molecule has 3 atom stereocenters. The molecule has 6 nitrogen and oxygen atoms in total. The van der Waals surface area contributed by atoms with Crippen molar-refractivity contribution in [3.05, 3.63) is 23.3 Å².